The van der Waals surface area contributed by atoms with Crippen molar-refractivity contribution in [2.45, 2.75) is 143 Å². The summed E-state index contributed by atoms with van der Waals surface area (Å²) in [7, 11) is 0. The fraction of sp³-hybridized carbons (Fsp3) is 0.611. The SMILES string of the molecule is CC(C)(C)c1cc(C=NC2CCCCC2)c(O)c(C(C)(C)C)c1.CC(C)(C)c1cc(C=[N][Al])c(O)c(C(C)(C)C)c1.Cl. The van der Waals surface area contributed by atoms with E-state index < -0.39 is 0 Å². The third-order valence-corrected chi connectivity index (χ3v) is 7.99. The van der Waals surface area contributed by atoms with Gasteiger partial charge < -0.3 is 14.2 Å². The molecular formula is C36H56AlClN2O2. The van der Waals surface area contributed by atoms with E-state index >= 15 is 0 Å². The molecule has 2 aromatic rings. The molecule has 0 bridgehead atoms. The summed E-state index contributed by atoms with van der Waals surface area (Å²) in [5.74, 6) is 0.728. The maximum atomic E-state index is 10.8. The molecule has 232 valence electrons. The number of phenols is 2. The van der Waals surface area contributed by atoms with Crippen LogP contribution >= 0.6 is 12.4 Å². The first-order valence-electron chi connectivity index (χ1n) is 15.2. The quantitative estimate of drug-likeness (QED) is 0.268. The Hall–Kier alpha value is -1.80. The molecule has 0 atom stereocenters. The van der Waals surface area contributed by atoms with E-state index in [1.807, 2.05) is 12.3 Å². The van der Waals surface area contributed by atoms with Gasteiger partial charge in [0.2, 0.25) is 0 Å². The molecule has 1 saturated carbocycles. The summed E-state index contributed by atoms with van der Waals surface area (Å²) >= 11 is 2.30. The van der Waals surface area contributed by atoms with Crippen LogP contribution in [0.25, 0.3) is 0 Å². The van der Waals surface area contributed by atoms with E-state index in [-0.39, 0.29) is 34.1 Å². The van der Waals surface area contributed by atoms with Crippen molar-refractivity contribution in [1.29, 1.82) is 0 Å². The predicted molar refractivity (Wildman–Crippen MR) is 186 cm³/mol. The number of aliphatic imine (C=N–C) groups is 1. The Labute approximate surface area is 271 Å². The lowest BCUT2D eigenvalue weighted by Crippen LogP contribution is -2.17. The summed E-state index contributed by atoms with van der Waals surface area (Å²) in [5, 5.41) is 21.1. The fourth-order valence-corrected chi connectivity index (χ4v) is 5.18. The van der Waals surface area contributed by atoms with E-state index in [4.69, 9.17) is 4.99 Å². The first-order chi connectivity index (χ1) is 18.7. The van der Waals surface area contributed by atoms with Crippen molar-refractivity contribution in [1.82, 2.24) is 0 Å². The lowest BCUT2D eigenvalue weighted by atomic mass is 9.79. The monoisotopic (exact) mass is 610 g/mol. The van der Waals surface area contributed by atoms with Gasteiger partial charge in [-0.25, -0.2) is 0 Å². The number of rotatable bonds is 3. The summed E-state index contributed by atoms with van der Waals surface area (Å²) in [6, 6.07) is 8.82. The smallest absolute Gasteiger partial charge is 0.345 e. The first kappa shape index (κ1) is 38.2. The van der Waals surface area contributed by atoms with Gasteiger partial charge in [-0.3, -0.25) is 4.99 Å². The van der Waals surface area contributed by atoms with E-state index in [0.717, 1.165) is 22.3 Å². The average molecular weight is 611 g/mol. The highest BCUT2D eigenvalue weighted by molar-refractivity contribution is 6.11. The van der Waals surface area contributed by atoms with Crippen LogP contribution in [0.3, 0.4) is 0 Å². The zero-order valence-electron chi connectivity index (χ0n) is 28.4. The second-order valence-electron chi connectivity index (χ2n) is 15.8. The van der Waals surface area contributed by atoms with Crippen molar-refractivity contribution in [2.75, 3.05) is 0 Å². The minimum atomic E-state index is -0.0885. The number of hydrogen-bond acceptors (Lipinski definition) is 4. The summed E-state index contributed by atoms with van der Waals surface area (Å²) in [6.45, 7) is 25.9. The zero-order valence-corrected chi connectivity index (χ0v) is 30.3. The van der Waals surface area contributed by atoms with E-state index in [9.17, 15) is 10.2 Å². The lowest BCUT2D eigenvalue weighted by molar-refractivity contribution is 0.440. The third-order valence-electron chi connectivity index (χ3n) is 7.84. The lowest BCUT2D eigenvalue weighted by Gasteiger charge is -2.27. The van der Waals surface area contributed by atoms with Crippen LogP contribution in [0.15, 0.2) is 33.2 Å². The van der Waals surface area contributed by atoms with Crippen LogP contribution in [0.1, 0.15) is 149 Å². The molecule has 1 fully saturated rings. The van der Waals surface area contributed by atoms with Crippen LogP contribution in [0.5, 0.6) is 11.5 Å². The van der Waals surface area contributed by atoms with Crippen molar-refractivity contribution >= 4 is 41.3 Å². The fourth-order valence-electron chi connectivity index (χ4n) is 5.02. The van der Waals surface area contributed by atoms with Crippen molar-refractivity contribution in [3.8, 4) is 11.5 Å². The number of nitrogens with zero attached hydrogens (tertiary/aromatic N) is 2. The van der Waals surface area contributed by atoms with E-state index in [2.05, 4.69) is 122 Å². The van der Waals surface area contributed by atoms with E-state index in [1.54, 1.807) is 6.21 Å². The minimum Gasteiger partial charge on any atom is -0.507 e. The highest BCUT2D eigenvalue weighted by Crippen LogP contribution is 2.38. The standard InChI is InChI=1S/C21H33NO.C15H22NO.Al.ClH/c1-20(2,3)16-12-15(14-22-17-10-8-7-9-11-17)19(23)18(13-16)21(4,5)6;1-14(2,3)11-7-10(9-16)13(17)12(8-11)15(4,5)6;;/h12-14,17,23H,7-11H2,1-6H3;7-9,17H,1-6H3;;1H/q;-1;+1;. The molecule has 0 aromatic heterocycles. The highest BCUT2D eigenvalue weighted by Gasteiger charge is 2.26. The average Bonchev–Trinajstić information content (AvgIpc) is 2.83. The molecule has 6 heteroatoms. The van der Waals surface area contributed by atoms with Gasteiger partial charge >= 0.3 is 16.5 Å². The van der Waals surface area contributed by atoms with Crippen LogP contribution in [0, 0.1) is 0 Å². The van der Waals surface area contributed by atoms with E-state index in [0.29, 0.717) is 17.5 Å². The van der Waals surface area contributed by atoms with Crippen molar-refractivity contribution in [3.05, 3.63) is 57.6 Å². The largest absolute Gasteiger partial charge is 0.507 e. The summed E-state index contributed by atoms with van der Waals surface area (Å²) in [4.78, 5) is 4.78. The van der Waals surface area contributed by atoms with Crippen LogP contribution < -0.4 is 0 Å². The molecule has 0 spiro atoms. The van der Waals surface area contributed by atoms with Crippen molar-refractivity contribution in [2.24, 2.45) is 8.97 Å². The molecule has 3 rings (SSSR count). The molecule has 1 aliphatic carbocycles. The van der Waals surface area contributed by atoms with Crippen LogP contribution in [0.2, 0.25) is 0 Å². The second kappa shape index (κ2) is 14.8. The van der Waals surface area contributed by atoms with Gasteiger partial charge in [-0.2, -0.15) is 0 Å². The Morgan fingerprint density at radius 1 is 0.619 bits per heavy atom. The van der Waals surface area contributed by atoms with Gasteiger partial charge in [-0.05, 0) is 57.8 Å². The van der Waals surface area contributed by atoms with Crippen molar-refractivity contribution in [3.63, 3.8) is 0 Å². The van der Waals surface area contributed by atoms with Crippen LogP contribution in [0.4, 0.5) is 0 Å². The summed E-state index contributed by atoms with van der Waals surface area (Å²) in [5.41, 5.74) is 6.03. The molecule has 2 radical (unpaired) electrons. The topological polar surface area (TPSA) is 65.2 Å². The van der Waals surface area contributed by atoms with E-state index in [1.165, 1.54) is 43.2 Å². The maximum Gasteiger partial charge on any atom is 0.345 e. The number of benzene rings is 2. The molecule has 42 heavy (non-hydrogen) atoms. The summed E-state index contributed by atoms with van der Waals surface area (Å²) < 4.78 is 3.94. The van der Waals surface area contributed by atoms with Gasteiger partial charge in [0.15, 0.2) is 0 Å². The van der Waals surface area contributed by atoms with Crippen LogP contribution in [-0.4, -0.2) is 45.2 Å². The first-order valence-corrected chi connectivity index (χ1v) is 15.7. The number of hydrogen-bond donors (Lipinski definition) is 2. The highest BCUT2D eigenvalue weighted by atomic mass is 35.5. The van der Waals surface area contributed by atoms with Gasteiger partial charge in [-0.15, -0.1) is 12.4 Å². The Bertz CT molecular complexity index is 1230. The zero-order chi connectivity index (χ0) is 31.4. The number of aromatic hydroxyl groups is 2. The van der Waals surface area contributed by atoms with Crippen molar-refractivity contribution < 1.29 is 10.2 Å². The Morgan fingerprint density at radius 2 is 1.00 bits per heavy atom. The second-order valence-corrected chi connectivity index (χ2v) is 16.1. The predicted octanol–water partition coefficient (Wildman–Crippen LogP) is 9.65. The molecule has 2 aromatic carbocycles. The molecule has 1 aliphatic rings. The molecule has 0 amide bonds. The molecule has 0 aliphatic heterocycles. The molecular weight excluding hydrogens is 555 g/mol. The molecule has 0 heterocycles. The van der Waals surface area contributed by atoms with Gasteiger partial charge in [-0.1, -0.05) is 114 Å². The van der Waals surface area contributed by atoms with Gasteiger partial charge in [0.25, 0.3) is 0 Å². The third kappa shape index (κ3) is 10.7. The Balaban J connectivity index is 0.000000423. The van der Waals surface area contributed by atoms with Gasteiger partial charge in [0.1, 0.15) is 11.5 Å². The molecule has 0 saturated heterocycles. The molecule has 0 unspecified atom stereocenters. The molecule has 4 nitrogen and oxygen atoms in total. The Morgan fingerprint density at radius 3 is 1.33 bits per heavy atom. The Kier molecular flexibility index (Phi) is 13.5. The van der Waals surface area contributed by atoms with Gasteiger partial charge in [0.05, 0.1) is 0 Å². The number of phenolic OH excluding ortho intramolecular Hbond substituents is 2. The summed E-state index contributed by atoms with van der Waals surface area (Å²) in [6.07, 6.45) is 9.86. The normalized spacial score (nSPS) is 15.4. The maximum absolute atomic E-state index is 10.8. The minimum absolute atomic E-state index is 0. The number of halogens is 1. The van der Waals surface area contributed by atoms with Gasteiger partial charge in [0, 0.05) is 40.7 Å². The molecule has 2 N–H and O–H groups in total. The van der Waals surface area contributed by atoms with Crippen LogP contribution in [-0.2, 0) is 21.7 Å².